The maximum absolute atomic E-state index is 11.1. The van der Waals surface area contributed by atoms with Gasteiger partial charge in [0.15, 0.2) is 25.0 Å². The largest absolute Gasteiger partial charge is 0.394 e. The van der Waals surface area contributed by atoms with Gasteiger partial charge in [-0.1, -0.05) is 0 Å². The summed E-state index contributed by atoms with van der Waals surface area (Å²) in [7, 11) is -5.32. The molecule has 0 aromatic rings. The van der Waals surface area contributed by atoms with Crippen LogP contribution in [0.3, 0.4) is 0 Å². The highest BCUT2D eigenvalue weighted by Gasteiger charge is 2.64. The van der Waals surface area contributed by atoms with E-state index in [0.29, 0.717) is 0 Å². The Kier molecular flexibility index (Phi) is 10.8. The lowest BCUT2D eigenvalue weighted by molar-refractivity contribution is -1.92. The molecule has 2 unspecified atom stereocenters. The number of ether oxygens (including phenoxy) is 5. The Hall–Kier alpha value is -0.510. The molecule has 0 bridgehead atoms. The van der Waals surface area contributed by atoms with Crippen molar-refractivity contribution < 1.29 is 93.0 Å². The Morgan fingerprint density at radius 3 is 1.72 bits per heavy atom. The Morgan fingerprint density at radius 1 is 0.718 bits per heavy atom. The molecule has 0 amide bonds. The lowest BCUT2D eigenvalue weighted by Crippen LogP contribution is -2.75. The topological polar surface area (TPSA) is 364 Å². The van der Waals surface area contributed by atoms with Crippen LogP contribution in [0.15, 0.2) is 0 Å². The summed E-state index contributed by atoms with van der Waals surface area (Å²) in [5.41, 5.74) is 17.5. The summed E-state index contributed by atoms with van der Waals surface area (Å²) >= 11 is 0. The van der Waals surface area contributed by atoms with Crippen molar-refractivity contribution in [3.05, 3.63) is 0 Å². The van der Waals surface area contributed by atoms with Crippen LogP contribution in [-0.4, -0.2) is 152 Å². The molecule has 3 aliphatic heterocycles. The van der Waals surface area contributed by atoms with Gasteiger partial charge in [0.05, 0.1) is 41.6 Å². The molecule has 14 N–H and O–H groups in total. The second kappa shape index (κ2) is 12.8. The van der Waals surface area contributed by atoms with Crippen LogP contribution in [-0.2, 0) is 28.0 Å². The molecule has 15 atom stereocenters. The van der Waals surface area contributed by atoms with Crippen molar-refractivity contribution in [2.24, 2.45) is 17.2 Å². The van der Waals surface area contributed by atoms with Gasteiger partial charge in [0.2, 0.25) is 0 Å². The van der Waals surface area contributed by atoms with Crippen molar-refractivity contribution >= 4 is 0 Å². The van der Waals surface area contributed by atoms with E-state index in [-0.39, 0.29) is 0 Å². The molecule has 0 aliphatic carbocycles. The van der Waals surface area contributed by atoms with Gasteiger partial charge in [0, 0.05) is 0 Å². The fraction of sp³-hybridized carbons (Fsp3) is 1.00. The van der Waals surface area contributed by atoms with E-state index in [4.69, 9.17) is 40.9 Å². The van der Waals surface area contributed by atoms with Crippen LogP contribution in [0.4, 0.5) is 0 Å². The molecule has 230 valence electrons. The fourth-order valence-corrected chi connectivity index (χ4v) is 4.93. The minimum atomic E-state index is -5.32. The summed E-state index contributed by atoms with van der Waals surface area (Å²) in [6, 6.07) is -4.58. The zero-order chi connectivity index (χ0) is 29.4. The van der Waals surface area contributed by atoms with Crippen molar-refractivity contribution in [2.45, 2.75) is 91.6 Å². The SMILES string of the molecule is N[C@H]1[C@@H](OC2[C@@H](CO)O[C@@H](OC3[C@@H](CO)O[C@@H](O)[C@H](N)[C@H]3O)[C@H](N)[C@H]2O)O[C@](CO)(O[Cl+3]([O-])([O-])[O-])[C@@H](O)[C@@H]1O. The number of aliphatic hydroxyl groups is 8. The van der Waals surface area contributed by atoms with E-state index in [1.807, 2.05) is 0 Å². The molecule has 20 nitrogen and oxygen atoms in total. The van der Waals surface area contributed by atoms with E-state index in [2.05, 4.69) is 4.29 Å². The molecule has 0 aromatic heterocycles. The molecule has 3 aliphatic rings. The Morgan fingerprint density at radius 2 is 1.21 bits per heavy atom. The summed E-state index contributed by atoms with van der Waals surface area (Å²) in [6.07, 6.45) is -19.0. The number of aliphatic hydroxyl groups excluding tert-OH is 8. The molecular weight excluding hydrogens is 566 g/mol. The Labute approximate surface area is 222 Å². The number of hydrogen-bond donors (Lipinski definition) is 11. The molecule has 0 spiro atoms. The summed E-state index contributed by atoms with van der Waals surface area (Å²) in [5, 5.41) is 80.6. The van der Waals surface area contributed by atoms with Gasteiger partial charge < -0.3 is 81.7 Å². The smallest absolute Gasteiger partial charge is 0.377 e. The molecule has 0 saturated carbocycles. The molecule has 3 fully saturated rings. The van der Waals surface area contributed by atoms with Gasteiger partial charge in [-0.3, -0.25) is 0 Å². The van der Waals surface area contributed by atoms with E-state index in [1.54, 1.807) is 0 Å². The third-order valence-electron chi connectivity index (χ3n) is 6.65. The van der Waals surface area contributed by atoms with Crippen LogP contribution in [0.5, 0.6) is 0 Å². The second-order valence-electron chi connectivity index (χ2n) is 9.23. The lowest BCUT2D eigenvalue weighted by Gasteiger charge is -2.49. The molecule has 3 saturated heterocycles. The summed E-state index contributed by atoms with van der Waals surface area (Å²) in [4.78, 5) is 0. The van der Waals surface area contributed by atoms with E-state index in [0.717, 1.165) is 0 Å². The number of halogens is 1. The monoisotopic (exact) mass is 599 g/mol. The summed E-state index contributed by atoms with van der Waals surface area (Å²) in [6.45, 7) is -3.10. The molecule has 3 rings (SSSR count). The van der Waals surface area contributed by atoms with Crippen LogP contribution in [0.25, 0.3) is 0 Å². The third kappa shape index (κ3) is 6.77. The highest BCUT2D eigenvalue weighted by atomic mass is 35.7. The van der Waals surface area contributed by atoms with Crippen molar-refractivity contribution in [1.82, 2.24) is 0 Å². The van der Waals surface area contributed by atoms with Crippen molar-refractivity contribution in [3.8, 4) is 0 Å². The predicted octanol–water partition coefficient (Wildman–Crippen LogP) is -11.4. The van der Waals surface area contributed by atoms with E-state index >= 15 is 0 Å². The van der Waals surface area contributed by atoms with E-state index in [9.17, 15) is 54.8 Å². The van der Waals surface area contributed by atoms with Gasteiger partial charge in [0.1, 0.15) is 53.6 Å². The van der Waals surface area contributed by atoms with Crippen LogP contribution < -0.4 is 31.2 Å². The highest BCUT2D eigenvalue weighted by molar-refractivity contribution is 5.00. The van der Waals surface area contributed by atoms with Crippen LogP contribution >= 0.6 is 0 Å². The van der Waals surface area contributed by atoms with Gasteiger partial charge in [0.25, 0.3) is 0 Å². The Balaban J connectivity index is 1.79. The van der Waals surface area contributed by atoms with Crippen LogP contribution in [0.2, 0.25) is 0 Å². The highest BCUT2D eigenvalue weighted by Crippen LogP contribution is 2.35. The Bertz CT molecular complexity index is 796. The first-order valence-corrected chi connectivity index (χ1v) is 12.7. The van der Waals surface area contributed by atoms with E-state index in [1.165, 1.54) is 0 Å². The molecule has 39 heavy (non-hydrogen) atoms. The number of hydrogen-bond acceptors (Lipinski definition) is 20. The quantitative estimate of drug-likeness (QED) is 0.117. The van der Waals surface area contributed by atoms with E-state index < -0.39 is 122 Å². The first-order chi connectivity index (χ1) is 18.1. The first kappa shape index (κ1) is 33.0. The zero-order valence-corrected chi connectivity index (χ0v) is 20.8. The average Bonchev–Trinajstić information content (AvgIpc) is 2.88. The molecular formula is C18H34ClN3O17. The van der Waals surface area contributed by atoms with Gasteiger partial charge in [-0.05, 0) is 0 Å². The van der Waals surface area contributed by atoms with Gasteiger partial charge in [-0.15, -0.1) is 0 Å². The molecule has 0 radical (unpaired) electrons. The first-order valence-electron chi connectivity index (χ1n) is 11.5. The standard InChI is InChI=1S/C18H34ClN3O17/c20-6-9(26)12(4(1-23)34-15(6)30)36-16-7(21)10(27)13(5(2-24)35-16)37-17-8(22)11(28)14(29)18(3-25,38-17)39-19(31,32)33/h4-17,23-30H,1-3,20-22H2/t4-,5-,6-,7-,8-,9-,10-,11-,12?,13?,14+,15-,16+,17+,18-/m1/s1. The fourth-order valence-electron chi connectivity index (χ4n) is 4.43. The maximum atomic E-state index is 11.1. The third-order valence-corrected chi connectivity index (χ3v) is 7.10. The minimum Gasteiger partial charge on any atom is -0.394 e. The predicted molar refractivity (Wildman–Crippen MR) is 107 cm³/mol. The van der Waals surface area contributed by atoms with Crippen molar-refractivity contribution in [1.29, 1.82) is 0 Å². The molecule has 0 aromatic carbocycles. The van der Waals surface area contributed by atoms with Crippen LogP contribution in [0, 0.1) is 10.2 Å². The van der Waals surface area contributed by atoms with Crippen LogP contribution in [0.1, 0.15) is 0 Å². The maximum Gasteiger partial charge on any atom is 0.377 e. The summed E-state index contributed by atoms with van der Waals surface area (Å²) < 4.78 is 64.4. The van der Waals surface area contributed by atoms with Crippen molar-refractivity contribution in [2.75, 3.05) is 19.8 Å². The zero-order valence-electron chi connectivity index (χ0n) is 20.1. The lowest BCUT2D eigenvalue weighted by atomic mass is 9.93. The second-order valence-corrected chi connectivity index (χ2v) is 10.1. The van der Waals surface area contributed by atoms with Gasteiger partial charge in [-0.2, -0.15) is 14.0 Å². The molecule has 3 heterocycles. The number of nitrogens with two attached hydrogens (primary N) is 3. The van der Waals surface area contributed by atoms with Gasteiger partial charge in [-0.25, -0.2) is 0 Å². The normalized spacial score (nSPS) is 49.7. The van der Waals surface area contributed by atoms with Gasteiger partial charge >= 0.3 is 5.79 Å². The number of rotatable bonds is 9. The van der Waals surface area contributed by atoms with Crippen molar-refractivity contribution in [3.63, 3.8) is 0 Å². The minimum absolute atomic E-state index is 0.733. The summed E-state index contributed by atoms with van der Waals surface area (Å²) in [5.74, 6) is -3.06. The average molecular weight is 600 g/mol. The molecule has 21 heteroatoms.